The lowest BCUT2D eigenvalue weighted by atomic mass is 9.86. The van der Waals surface area contributed by atoms with E-state index in [1.807, 2.05) is 0 Å². The van der Waals surface area contributed by atoms with Crippen LogP contribution in [0.1, 0.15) is 40.5 Å². The van der Waals surface area contributed by atoms with Crippen molar-refractivity contribution < 1.29 is 0 Å². The number of piperidine rings is 1. The van der Waals surface area contributed by atoms with Crippen LogP contribution in [0.3, 0.4) is 0 Å². The molecule has 0 amide bonds. The predicted octanol–water partition coefficient (Wildman–Crippen LogP) is 2.35. The average Bonchev–Trinajstić information content (AvgIpc) is 2.16. The lowest BCUT2D eigenvalue weighted by molar-refractivity contribution is 0.115. The molecular weight excluding hydrogens is 184 g/mol. The fourth-order valence-corrected chi connectivity index (χ4v) is 2.29. The highest BCUT2D eigenvalue weighted by Gasteiger charge is 2.25. The van der Waals surface area contributed by atoms with Crippen molar-refractivity contribution in [2.24, 2.45) is 11.3 Å². The van der Waals surface area contributed by atoms with E-state index < -0.39 is 0 Å². The van der Waals surface area contributed by atoms with Crippen LogP contribution in [0.2, 0.25) is 0 Å². The van der Waals surface area contributed by atoms with Crippen LogP contribution in [0, 0.1) is 11.3 Å². The number of nitrogens with zero attached hydrogens (tertiary/aromatic N) is 1. The van der Waals surface area contributed by atoms with Gasteiger partial charge >= 0.3 is 0 Å². The van der Waals surface area contributed by atoms with E-state index >= 15 is 0 Å². The van der Waals surface area contributed by atoms with E-state index in [4.69, 9.17) is 0 Å². The maximum absolute atomic E-state index is 3.43. The zero-order valence-corrected chi connectivity index (χ0v) is 11.1. The van der Waals surface area contributed by atoms with E-state index in [2.05, 4.69) is 45.0 Å². The third kappa shape index (κ3) is 4.12. The van der Waals surface area contributed by atoms with Gasteiger partial charge < -0.3 is 10.2 Å². The minimum atomic E-state index is 0.391. The zero-order valence-electron chi connectivity index (χ0n) is 11.1. The molecule has 1 unspecified atom stereocenters. The second-order valence-corrected chi connectivity index (χ2v) is 6.17. The molecule has 0 radical (unpaired) electrons. The molecule has 0 aliphatic carbocycles. The Bertz CT molecular complexity index is 177. The smallest absolute Gasteiger partial charge is 0.0112 e. The normalized spacial score (nSPS) is 22.0. The topological polar surface area (TPSA) is 15.3 Å². The molecule has 2 heteroatoms. The molecule has 0 spiro atoms. The second-order valence-electron chi connectivity index (χ2n) is 6.17. The largest absolute Gasteiger partial charge is 0.317 e. The molecule has 1 atom stereocenters. The first kappa shape index (κ1) is 13.0. The van der Waals surface area contributed by atoms with Crippen molar-refractivity contribution in [3.8, 4) is 0 Å². The first-order valence-electron chi connectivity index (χ1n) is 6.32. The summed E-state index contributed by atoms with van der Waals surface area (Å²) in [6, 6.07) is 0.660. The molecule has 90 valence electrons. The molecule has 1 N–H and O–H groups in total. The summed E-state index contributed by atoms with van der Waals surface area (Å²) in [6.45, 7) is 13.0. The summed E-state index contributed by atoms with van der Waals surface area (Å²) in [7, 11) is 2.28. The van der Waals surface area contributed by atoms with Crippen molar-refractivity contribution in [1.82, 2.24) is 10.2 Å². The van der Waals surface area contributed by atoms with E-state index in [1.54, 1.807) is 0 Å². The number of nitrogens with one attached hydrogen (secondary N) is 1. The van der Waals surface area contributed by atoms with Crippen LogP contribution in [0.5, 0.6) is 0 Å². The molecule has 1 saturated heterocycles. The summed E-state index contributed by atoms with van der Waals surface area (Å²) in [5.41, 5.74) is 0.391. The van der Waals surface area contributed by atoms with Gasteiger partial charge in [-0.3, -0.25) is 0 Å². The van der Waals surface area contributed by atoms with Crippen molar-refractivity contribution in [3.05, 3.63) is 0 Å². The molecule has 1 fully saturated rings. The average molecular weight is 212 g/mol. The molecule has 0 aromatic carbocycles. The van der Waals surface area contributed by atoms with E-state index in [0.717, 1.165) is 5.92 Å². The van der Waals surface area contributed by atoms with Gasteiger partial charge in [0.15, 0.2) is 0 Å². The van der Waals surface area contributed by atoms with E-state index in [9.17, 15) is 0 Å². The fourth-order valence-electron chi connectivity index (χ4n) is 2.29. The summed E-state index contributed by atoms with van der Waals surface area (Å²) in [6.07, 6.45) is 2.70. The van der Waals surface area contributed by atoms with Gasteiger partial charge in [-0.15, -0.1) is 0 Å². The van der Waals surface area contributed by atoms with Crippen LogP contribution in [0.25, 0.3) is 0 Å². The first-order valence-corrected chi connectivity index (χ1v) is 6.32. The van der Waals surface area contributed by atoms with E-state index in [0.29, 0.717) is 11.5 Å². The van der Waals surface area contributed by atoms with Crippen LogP contribution >= 0.6 is 0 Å². The van der Waals surface area contributed by atoms with Gasteiger partial charge in [0.05, 0.1) is 0 Å². The van der Waals surface area contributed by atoms with Gasteiger partial charge in [-0.25, -0.2) is 0 Å². The lowest BCUT2D eigenvalue weighted by Crippen LogP contribution is -2.43. The van der Waals surface area contributed by atoms with E-state index in [-0.39, 0.29) is 0 Å². The molecule has 1 aliphatic rings. The number of hydrogen-bond acceptors (Lipinski definition) is 2. The van der Waals surface area contributed by atoms with Gasteiger partial charge in [0.25, 0.3) is 0 Å². The first-order chi connectivity index (χ1) is 6.91. The maximum atomic E-state index is 3.43. The summed E-state index contributed by atoms with van der Waals surface area (Å²) in [4.78, 5) is 2.54. The summed E-state index contributed by atoms with van der Waals surface area (Å²) in [5, 5.41) is 3.43. The van der Waals surface area contributed by atoms with Crippen LogP contribution < -0.4 is 5.32 Å². The van der Waals surface area contributed by atoms with Crippen molar-refractivity contribution in [2.45, 2.75) is 46.6 Å². The Morgan fingerprint density at radius 3 is 2.27 bits per heavy atom. The Kier molecular flexibility index (Phi) is 4.60. The van der Waals surface area contributed by atoms with Crippen molar-refractivity contribution >= 4 is 0 Å². The third-order valence-electron chi connectivity index (χ3n) is 3.92. The van der Waals surface area contributed by atoms with Crippen LogP contribution in [0.4, 0.5) is 0 Å². The molecule has 1 rings (SSSR count). The van der Waals surface area contributed by atoms with Crippen molar-refractivity contribution in [1.29, 1.82) is 0 Å². The molecule has 15 heavy (non-hydrogen) atoms. The number of rotatable bonds is 3. The second kappa shape index (κ2) is 5.31. The fraction of sp³-hybridized carbons (Fsp3) is 1.00. The highest BCUT2D eigenvalue weighted by Crippen LogP contribution is 2.24. The minimum Gasteiger partial charge on any atom is -0.317 e. The van der Waals surface area contributed by atoms with Crippen LogP contribution in [0.15, 0.2) is 0 Å². The molecule has 1 aliphatic heterocycles. The predicted molar refractivity (Wildman–Crippen MR) is 67.1 cm³/mol. The van der Waals surface area contributed by atoms with E-state index in [1.165, 1.54) is 32.5 Å². The van der Waals surface area contributed by atoms with Crippen LogP contribution in [-0.4, -0.2) is 37.6 Å². The molecular formula is C13H28N2. The maximum Gasteiger partial charge on any atom is 0.0112 e. The summed E-state index contributed by atoms with van der Waals surface area (Å²) >= 11 is 0. The zero-order chi connectivity index (χ0) is 11.5. The minimum absolute atomic E-state index is 0.391. The molecule has 0 bridgehead atoms. The highest BCUT2D eigenvalue weighted by molar-refractivity contribution is 4.80. The van der Waals surface area contributed by atoms with Crippen molar-refractivity contribution in [3.63, 3.8) is 0 Å². The molecule has 2 nitrogen and oxygen atoms in total. The Morgan fingerprint density at radius 2 is 1.80 bits per heavy atom. The van der Waals surface area contributed by atoms with Gasteiger partial charge in [0.1, 0.15) is 0 Å². The van der Waals surface area contributed by atoms with Gasteiger partial charge in [-0.1, -0.05) is 20.8 Å². The number of hydrogen-bond donors (Lipinski definition) is 1. The van der Waals surface area contributed by atoms with Gasteiger partial charge in [-0.05, 0) is 51.2 Å². The summed E-state index contributed by atoms with van der Waals surface area (Å²) in [5.74, 6) is 0.904. The molecule has 1 heterocycles. The SMILES string of the molecule is CC(N(C)CC1CCNCC1)C(C)(C)C. The van der Waals surface area contributed by atoms with Gasteiger partial charge in [0.2, 0.25) is 0 Å². The highest BCUT2D eigenvalue weighted by atomic mass is 15.1. The quantitative estimate of drug-likeness (QED) is 0.772. The van der Waals surface area contributed by atoms with Gasteiger partial charge in [-0.2, -0.15) is 0 Å². The molecule has 0 aromatic heterocycles. The molecule has 0 aromatic rings. The monoisotopic (exact) mass is 212 g/mol. The molecule has 0 saturated carbocycles. The standard InChI is InChI=1S/C13H28N2/c1-11(13(2,3)4)15(5)10-12-6-8-14-9-7-12/h11-12,14H,6-10H2,1-5H3. The Labute approximate surface area is 95.4 Å². The Balaban J connectivity index is 2.36. The van der Waals surface area contributed by atoms with Crippen molar-refractivity contribution in [2.75, 3.05) is 26.7 Å². The third-order valence-corrected chi connectivity index (χ3v) is 3.92. The Morgan fingerprint density at radius 1 is 1.27 bits per heavy atom. The lowest BCUT2D eigenvalue weighted by Gasteiger charge is -2.38. The Hall–Kier alpha value is -0.0800. The summed E-state index contributed by atoms with van der Waals surface area (Å²) < 4.78 is 0. The van der Waals surface area contributed by atoms with Gasteiger partial charge in [0, 0.05) is 12.6 Å². The van der Waals surface area contributed by atoms with Crippen LogP contribution in [-0.2, 0) is 0 Å².